The monoisotopic (exact) mass is 253 g/mol. The minimum atomic E-state index is 1.07. The van der Waals surface area contributed by atoms with E-state index in [0.717, 1.165) is 19.3 Å². The predicted molar refractivity (Wildman–Crippen MR) is 84.3 cm³/mol. The maximum absolute atomic E-state index is 3.53. The van der Waals surface area contributed by atoms with Crippen molar-refractivity contribution >= 4 is 11.4 Å². The molecular formula is C18H23N. The topological polar surface area (TPSA) is 12.0 Å². The van der Waals surface area contributed by atoms with Gasteiger partial charge in [-0.05, 0) is 60.2 Å². The molecule has 0 unspecified atom stereocenters. The summed E-state index contributed by atoms with van der Waals surface area (Å²) in [4.78, 5) is 0. The van der Waals surface area contributed by atoms with Gasteiger partial charge in [-0.25, -0.2) is 0 Å². The molecule has 2 rings (SSSR count). The molecule has 19 heavy (non-hydrogen) atoms. The molecule has 0 radical (unpaired) electrons. The van der Waals surface area contributed by atoms with Gasteiger partial charge >= 0.3 is 0 Å². The number of rotatable bonds is 5. The van der Waals surface area contributed by atoms with E-state index < -0.39 is 0 Å². The Labute approximate surface area is 116 Å². The van der Waals surface area contributed by atoms with Crippen molar-refractivity contribution in [2.24, 2.45) is 0 Å². The first-order valence-electron chi connectivity index (χ1n) is 7.24. The third kappa shape index (κ3) is 3.60. The van der Waals surface area contributed by atoms with Crippen molar-refractivity contribution in [1.82, 2.24) is 0 Å². The molecular weight excluding hydrogens is 230 g/mol. The van der Waals surface area contributed by atoms with E-state index in [1.165, 1.54) is 28.1 Å². The van der Waals surface area contributed by atoms with Gasteiger partial charge in [0.2, 0.25) is 0 Å². The Balaban J connectivity index is 2.26. The van der Waals surface area contributed by atoms with Crippen molar-refractivity contribution in [2.75, 3.05) is 5.32 Å². The molecule has 0 aliphatic carbocycles. The van der Waals surface area contributed by atoms with Gasteiger partial charge in [0, 0.05) is 11.4 Å². The summed E-state index contributed by atoms with van der Waals surface area (Å²) in [7, 11) is 0. The molecule has 0 saturated carbocycles. The molecule has 1 N–H and O–H groups in total. The fourth-order valence-electron chi connectivity index (χ4n) is 2.28. The summed E-state index contributed by atoms with van der Waals surface area (Å²) in [5.74, 6) is 0. The van der Waals surface area contributed by atoms with E-state index in [2.05, 4.69) is 68.6 Å². The van der Waals surface area contributed by atoms with E-state index in [1.807, 2.05) is 0 Å². The van der Waals surface area contributed by atoms with Crippen LogP contribution in [0.25, 0.3) is 0 Å². The summed E-state index contributed by atoms with van der Waals surface area (Å²) in [6.07, 6.45) is 3.24. The Morgan fingerprint density at radius 2 is 1.26 bits per heavy atom. The minimum absolute atomic E-state index is 1.07. The van der Waals surface area contributed by atoms with Crippen molar-refractivity contribution in [1.29, 1.82) is 0 Å². The highest BCUT2D eigenvalue weighted by atomic mass is 14.9. The predicted octanol–water partition coefficient (Wildman–Crippen LogP) is 5.12. The van der Waals surface area contributed by atoms with Crippen LogP contribution in [-0.2, 0) is 19.3 Å². The van der Waals surface area contributed by atoms with Crippen LogP contribution < -0.4 is 5.32 Å². The smallest absolute Gasteiger partial charge is 0.0389 e. The second kappa shape index (κ2) is 6.42. The van der Waals surface area contributed by atoms with E-state index >= 15 is 0 Å². The number of hydrogen-bond acceptors (Lipinski definition) is 1. The first-order valence-corrected chi connectivity index (χ1v) is 7.24. The summed E-state index contributed by atoms with van der Waals surface area (Å²) in [6.45, 7) is 6.60. The van der Waals surface area contributed by atoms with Crippen molar-refractivity contribution in [3.05, 3.63) is 59.2 Å². The zero-order chi connectivity index (χ0) is 13.7. The van der Waals surface area contributed by atoms with Gasteiger partial charge in [-0.1, -0.05) is 39.0 Å². The molecule has 0 bridgehead atoms. The third-order valence-corrected chi connectivity index (χ3v) is 3.49. The molecule has 0 fully saturated rings. The summed E-state index contributed by atoms with van der Waals surface area (Å²) < 4.78 is 0. The fraction of sp³-hybridized carbons (Fsp3) is 0.333. The number of nitrogens with one attached hydrogen (secondary N) is 1. The van der Waals surface area contributed by atoms with Crippen LogP contribution in [0.5, 0.6) is 0 Å². The molecule has 2 aromatic rings. The van der Waals surface area contributed by atoms with Crippen molar-refractivity contribution < 1.29 is 0 Å². The molecule has 2 aromatic carbocycles. The van der Waals surface area contributed by atoms with Crippen LogP contribution in [0.15, 0.2) is 42.5 Å². The van der Waals surface area contributed by atoms with Crippen LogP contribution in [-0.4, -0.2) is 0 Å². The third-order valence-electron chi connectivity index (χ3n) is 3.49. The maximum atomic E-state index is 3.53. The average molecular weight is 253 g/mol. The fourth-order valence-corrected chi connectivity index (χ4v) is 2.28. The Morgan fingerprint density at radius 1 is 0.684 bits per heavy atom. The van der Waals surface area contributed by atoms with Gasteiger partial charge in [0.1, 0.15) is 0 Å². The first kappa shape index (κ1) is 13.7. The molecule has 0 saturated heterocycles. The number of anilines is 2. The van der Waals surface area contributed by atoms with E-state index in [9.17, 15) is 0 Å². The van der Waals surface area contributed by atoms with Crippen LogP contribution in [0.4, 0.5) is 11.4 Å². The zero-order valence-corrected chi connectivity index (χ0v) is 12.2. The maximum Gasteiger partial charge on any atom is 0.0389 e. The summed E-state index contributed by atoms with van der Waals surface area (Å²) in [5, 5.41) is 3.53. The van der Waals surface area contributed by atoms with Crippen LogP contribution in [0.1, 0.15) is 37.5 Å². The van der Waals surface area contributed by atoms with Crippen molar-refractivity contribution in [3.63, 3.8) is 0 Å². The normalized spacial score (nSPS) is 10.5. The molecule has 0 aliphatic rings. The highest BCUT2D eigenvalue weighted by molar-refractivity contribution is 5.62. The molecule has 0 spiro atoms. The molecule has 0 atom stereocenters. The lowest BCUT2D eigenvalue weighted by Crippen LogP contribution is -1.95. The van der Waals surface area contributed by atoms with E-state index in [0.29, 0.717) is 0 Å². The van der Waals surface area contributed by atoms with Crippen LogP contribution in [0, 0.1) is 0 Å². The molecule has 100 valence electrons. The second-order valence-corrected chi connectivity index (χ2v) is 4.92. The second-order valence-electron chi connectivity index (χ2n) is 4.92. The lowest BCUT2D eigenvalue weighted by Gasteiger charge is -2.11. The van der Waals surface area contributed by atoms with Crippen LogP contribution in [0.3, 0.4) is 0 Å². The summed E-state index contributed by atoms with van der Waals surface area (Å²) in [5.41, 5.74) is 6.54. The molecule has 0 heterocycles. The highest BCUT2D eigenvalue weighted by Gasteiger charge is 2.00. The lowest BCUT2D eigenvalue weighted by atomic mass is 10.1. The lowest BCUT2D eigenvalue weighted by molar-refractivity contribution is 1.09. The first-order chi connectivity index (χ1) is 9.25. The van der Waals surface area contributed by atoms with Crippen LogP contribution >= 0.6 is 0 Å². The Kier molecular flexibility index (Phi) is 4.62. The van der Waals surface area contributed by atoms with Crippen molar-refractivity contribution in [3.8, 4) is 0 Å². The van der Waals surface area contributed by atoms with Gasteiger partial charge in [0.05, 0.1) is 0 Å². The van der Waals surface area contributed by atoms with Crippen LogP contribution in [0.2, 0.25) is 0 Å². The Hall–Kier alpha value is -1.76. The van der Waals surface area contributed by atoms with Gasteiger partial charge in [-0.15, -0.1) is 0 Å². The highest BCUT2D eigenvalue weighted by Crippen LogP contribution is 2.21. The van der Waals surface area contributed by atoms with Gasteiger partial charge in [0.15, 0.2) is 0 Å². The largest absolute Gasteiger partial charge is 0.356 e. The molecule has 1 heteroatoms. The molecule has 1 nitrogen and oxygen atoms in total. The molecule has 0 amide bonds. The Morgan fingerprint density at radius 3 is 1.84 bits per heavy atom. The summed E-state index contributed by atoms with van der Waals surface area (Å²) >= 11 is 0. The SMILES string of the molecule is CCc1cccc(Nc2cc(CC)cc(CC)c2)c1. The number of benzene rings is 2. The number of aryl methyl sites for hydroxylation is 3. The van der Waals surface area contributed by atoms with Crippen molar-refractivity contribution in [2.45, 2.75) is 40.0 Å². The zero-order valence-electron chi connectivity index (χ0n) is 12.2. The Bertz CT molecular complexity index is 521. The van der Waals surface area contributed by atoms with E-state index in [-0.39, 0.29) is 0 Å². The minimum Gasteiger partial charge on any atom is -0.356 e. The standard InChI is InChI=1S/C18H23N/c1-4-14-8-7-9-17(11-14)19-18-12-15(5-2)10-16(6-3)13-18/h7-13,19H,4-6H2,1-3H3. The van der Waals surface area contributed by atoms with E-state index in [1.54, 1.807) is 0 Å². The summed E-state index contributed by atoms with van der Waals surface area (Å²) in [6, 6.07) is 15.4. The van der Waals surface area contributed by atoms with E-state index in [4.69, 9.17) is 0 Å². The van der Waals surface area contributed by atoms with Gasteiger partial charge in [-0.3, -0.25) is 0 Å². The molecule has 0 aliphatic heterocycles. The number of hydrogen-bond donors (Lipinski definition) is 1. The molecule has 0 aromatic heterocycles. The van der Waals surface area contributed by atoms with Gasteiger partial charge in [-0.2, -0.15) is 0 Å². The van der Waals surface area contributed by atoms with Gasteiger partial charge in [0.25, 0.3) is 0 Å². The average Bonchev–Trinajstić information content (AvgIpc) is 2.47. The quantitative estimate of drug-likeness (QED) is 0.780. The van der Waals surface area contributed by atoms with Gasteiger partial charge < -0.3 is 5.32 Å².